The van der Waals surface area contributed by atoms with E-state index in [-0.39, 0.29) is 5.91 Å². The highest BCUT2D eigenvalue weighted by atomic mass is 16.1. The van der Waals surface area contributed by atoms with Gasteiger partial charge in [-0.1, -0.05) is 32.0 Å². The van der Waals surface area contributed by atoms with E-state index in [0.717, 1.165) is 23.5 Å². The molecule has 0 spiro atoms. The first-order chi connectivity index (χ1) is 11.6. The summed E-state index contributed by atoms with van der Waals surface area (Å²) in [5.41, 5.74) is 2.49. The molecule has 3 rings (SSSR count). The molecule has 124 valence electrons. The molecule has 3 aromatic rings. The molecule has 1 N–H and O–H groups in total. The summed E-state index contributed by atoms with van der Waals surface area (Å²) in [5, 5.41) is 2.96. The van der Waals surface area contributed by atoms with Gasteiger partial charge >= 0.3 is 0 Å². The van der Waals surface area contributed by atoms with E-state index < -0.39 is 0 Å². The summed E-state index contributed by atoms with van der Waals surface area (Å²) >= 11 is 0. The van der Waals surface area contributed by atoms with Gasteiger partial charge in [0.25, 0.3) is 5.91 Å². The van der Waals surface area contributed by atoms with Gasteiger partial charge in [-0.15, -0.1) is 0 Å². The lowest BCUT2D eigenvalue weighted by molar-refractivity contribution is 0.0954. The van der Waals surface area contributed by atoms with Crippen molar-refractivity contribution >= 4 is 17.1 Å². The van der Waals surface area contributed by atoms with Crippen molar-refractivity contribution in [2.75, 3.05) is 6.54 Å². The minimum absolute atomic E-state index is 0.0553. The van der Waals surface area contributed by atoms with Crippen LogP contribution in [0.4, 0.5) is 0 Å². The fourth-order valence-electron chi connectivity index (χ4n) is 2.73. The number of hydrogen-bond donors (Lipinski definition) is 1. The molecule has 0 radical (unpaired) electrons. The Hall–Kier alpha value is -2.69. The van der Waals surface area contributed by atoms with E-state index in [0.29, 0.717) is 24.4 Å². The number of nitrogens with one attached hydrogen (secondary N) is 1. The topological polar surface area (TPSA) is 59.8 Å². The molecule has 2 heterocycles. The number of carbonyl (C=O) groups is 1. The van der Waals surface area contributed by atoms with Gasteiger partial charge < -0.3 is 9.88 Å². The summed E-state index contributed by atoms with van der Waals surface area (Å²) in [6.45, 7) is 5.77. The summed E-state index contributed by atoms with van der Waals surface area (Å²) in [4.78, 5) is 21.3. The van der Waals surface area contributed by atoms with Gasteiger partial charge in [-0.3, -0.25) is 4.79 Å². The van der Waals surface area contributed by atoms with Crippen LogP contribution in [-0.4, -0.2) is 27.0 Å². The number of imidazole rings is 1. The van der Waals surface area contributed by atoms with Crippen LogP contribution in [0.1, 0.15) is 30.0 Å². The Bertz CT molecular complexity index is 824. The number of fused-ring (bicyclic) bond motifs is 1. The summed E-state index contributed by atoms with van der Waals surface area (Å²) in [6, 6.07) is 13.1. The molecule has 0 saturated heterocycles. The SMILES string of the molecule is CC(C)Cn1c(CCNC(=O)c2ccccc2)nc2cccnc21. The van der Waals surface area contributed by atoms with Gasteiger partial charge in [0.2, 0.25) is 0 Å². The minimum Gasteiger partial charge on any atom is -0.352 e. The van der Waals surface area contributed by atoms with Crippen molar-refractivity contribution in [2.45, 2.75) is 26.8 Å². The number of aromatic nitrogens is 3. The second-order valence-corrected chi connectivity index (χ2v) is 6.25. The smallest absolute Gasteiger partial charge is 0.251 e. The standard InChI is InChI=1S/C19H22N4O/c1-14(2)13-23-17(22-16-9-6-11-20-18(16)23)10-12-21-19(24)15-7-4-3-5-8-15/h3-9,11,14H,10,12-13H2,1-2H3,(H,21,24). The fourth-order valence-corrected chi connectivity index (χ4v) is 2.73. The number of carbonyl (C=O) groups excluding carboxylic acids is 1. The maximum Gasteiger partial charge on any atom is 0.251 e. The first-order valence-corrected chi connectivity index (χ1v) is 8.28. The predicted molar refractivity (Wildman–Crippen MR) is 94.8 cm³/mol. The Labute approximate surface area is 141 Å². The number of hydrogen-bond acceptors (Lipinski definition) is 3. The molecule has 1 aromatic carbocycles. The molecule has 5 nitrogen and oxygen atoms in total. The monoisotopic (exact) mass is 322 g/mol. The van der Waals surface area contributed by atoms with Crippen molar-refractivity contribution in [1.29, 1.82) is 0 Å². The zero-order valence-electron chi connectivity index (χ0n) is 14.1. The number of benzene rings is 1. The van der Waals surface area contributed by atoms with Gasteiger partial charge in [0, 0.05) is 31.3 Å². The molecule has 24 heavy (non-hydrogen) atoms. The quantitative estimate of drug-likeness (QED) is 0.759. The van der Waals surface area contributed by atoms with Gasteiger partial charge in [0.05, 0.1) is 0 Å². The van der Waals surface area contributed by atoms with Crippen molar-refractivity contribution in [2.24, 2.45) is 5.92 Å². The molecule has 0 fully saturated rings. The molecule has 0 aliphatic heterocycles. The second kappa shape index (κ2) is 7.25. The highest BCUT2D eigenvalue weighted by molar-refractivity contribution is 5.94. The zero-order valence-corrected chi connectivity index (χ0v) is 14.1. The lowest BCUT2D eigenvalue weighted by Gasteiger charge is -2.11. The summed E-state index contributed by atoms with van der Waals surface area (Å²) < 4.78 is 2.16. The Kier molecular flexibility index (Phi) is 4.89. The maximum atomic E-state index is 12.1. The number of nitrogens with zero attached hydrogens (tertiary/aromatic N) is 3. The number of rotatable bonds is 6. The third-order valence-corrected chi connectivity index (χ3v) is 3.80. The third-order valence-electron chi connectivity index (χ3n) is 3.80. The summed E-state index contributed by atoms with van der Waals surface area (Å²) in [6.07, 6.45) is 2.48. The first-order valence-electron chi connectivity index (χ1n) is 8.28. The van der Waals surface area contributed by atoms with Crippen LogP contribution in [0, 0.1) is 5.92 Å². The average Bonchev–Trinajstić information content (AvgIpc) is 2.93. The van der Waals surface area contributed by atoms with Gasteiger partial charge in [0.15, 0.2) is 5.65 Å². The van der Waals surface area contributed by atoms with Crippen LogP contribution in [0.3, 0.4) is 0 Å². The lowest BCUT2D eigenvalue weighted by Crippen LogP contribution is -2.26. The Balaban J connectivity index is 1.72. The van der Waals surface area contributed by atoms with Crippen LogP contribution >= 0.6 is 0 Å². The Morgan fingerprint density at radius 1 is 1.17 bits per heavy atom. The number of pyridine rings is 1. The van der Waals surface area contributed by atoms with Crippen LogP contribution in [0.25, 0.3) is 11.2 Å². The minimum atomic E-state index is -0.0553. The van der Waals surface area contributed by atoms with E-state index in [1.54, 1.807) is 6.20 Å². The Morgan fingerprint density at radius 3 is 2.71 bits per heavy atom. The predicted octanol–water partition coefficient (Wildman–Crippen LogP) is 3.06. The zero-order chi connectivity index (χ0) is 16.9. The van der Waals surface area contributed by atoms with Crippen LogP contribution < -0.4 is 5.32 Å². The van der Waals surface area contributed by atoms with E-state index in [4.69, 9.17) is 0 Å². The van der Waals surface area contributed by atoms with Crippen molar-refractivity contribution in [1.82, 2.24) is 19.9 Å². The van der Waals surface area contributed by atoms with Crippen molar-refractivity contribution in [3.05, 3.63) is 60.0 Å². The fraction of sp³-hybridized carbons (Fsp3) is 0.316. The van der Waals surface area contributed by atoms with Crippen molar-refractivity contribution in [3.8, 4) is 0 Å². The van der Waals surface area contributed by atoms with E-state index in [1.807, 2.05) is 42.5 Å². The van der Waals surface area contributed by atoms with Crippen LogP contribution in [-0.2, 0) is 13.0 Å². The molecule has 0 aliphatic carbocycles. The lowest BCUT2D eigenvalue weighted by atomic mass is 10.2. The molecule has 0 atom stereocenters. The molecule has 0 unspecified atom stereocenters. The van der Waals surface area contributed by atoms with Crippen molar-refractivity contribution < 1.29 is 4.79 Å². The molecule has 0 bridgehead atoms. The molecule has 5 heteroatoms. The van der Waals surface area contributed by atoms with Crippen LogP contribution in [0.15, 0.2) is 48.7 Å². The van der Waals surface area contributed by atoms with Gasteiger partial charge in [-0.05, 0) is 30.2 Å². The molecule has 1 amide bonds. The maximum absolute atomic E-state index is 12.1. The summed E-state index contributed by atoms with van der Waals surface area (Å²) in [5.74, 6) is 1.41. The van der Waals surface area contributed by atoms with E-state index in [9.17, 15) is 4.79 Å². The van der Waals surface area contributed by atoms with Crippen LogP contribution in [0.2, 0.25) is 0 Å². The molecule has 0 saturated carbocycles. The average molecular weight is 322 g/mol. The normalized spacial score (nSPS) is 11.1. The molecular weight excluding hydrogens is 300 g/mol. The molecule has 2 aromatic heterocycles. The van der Waals surface area contributed by atoms with E-state index in [1.165, 1.54) is 0 Å². The summed E-state index contributed by atoms with van der Waals surface area (Å²) in [7, 11) is 0. The third kappa shape index (κ3) is 3.62. The molecular formula is C19H22N4O. The van der Waals surface area contributed by atoms with Gasteiger partial charge in [-0.25, -0.2) is 9.97 Å². The van der Waals surface area contributed by atoms with Crippen molar-refractivity contribution in [3.63, 3.8) is 0 Å². The highest BCUT2D eigenvalue weighted by Crippen LogP contribution is 2.16. The first kappa shape index (κ1) is 16.2. The van der Waals surface area contributed by atoms with Gasteiger partial charge in [0.1, 0.15) is 11.3 Å². The second-order valence-electron chi connectivity index (χ2n) is 6.25. The highest BCUT2D eigenvalue weighted by Gasteiger charge is 2.13. The largest absolute Gasteiger partial charge is 0.352 e. The molecule has 0 aliphatic rings. The van der Waals surface area contributed by atoms with E-state index in [2.05, 4.69) is 33.7 Å². The van der Waals surface area contributed by atoms with Crippen LogP contribution in [0.5, 0.6) is 0 Å². The Morgan fingerprint density at radius 2 is 1.96 bits per heavy atom. The number of amides is 1. The van der Waals surface area contributed by atoms with E-state index >= 15 is 0 Å². The van der Waals surface area contributed by atoms with Gasteiger partial charge in [-0.2, -0.15) is 0 Å².